The Labute approximate surface area is 168 Å². The smallest absolute Gasteiger partial charge is 0.319 e. The maximum absolute atomic E-state index is 12.4. The summed E-state index contributed by atoms with van der Waals surface area (Å²) in [4.78, 5) is 20.3. The van der Waals surface area contributed by atoms with Crippen molar-refractivity contribution in [2.45, 2.75) is 12.6 Å². The number of benzene rings is 2. The molecule has 0 aliphatic carbocycles. The Kier molecular flexibility index (Phi) is 6.96. The molecule has 2 amide bonds. The summed E-state index contributed by atoms with van der Waals surface area (Å²) in [5.74, 6) is 1.00. The molecule has 0 fully saturated rings. The molecule has 0 bridgehead atoms. The molecule has 0 aliphatic heterocycles. The van der Waals surface area contributed by atoms with E-state index in [2.05, 4.69) is 20.6 Å². The molecule has 0 spiro atoms. The van der Waals surface area contributed by atoms with Crippen LogP contribution in [0.1, 0.15) is 17.2 Å². The number of amides is 2. The summed E-state index contributed by atoms with van der Waals surface area (Å²) in [6, 6.07) is 13.4. The van der Waals surface area contributed by atoms with Gasteiger partial charge in [0.25, 0.3) is 0 Å². The second-order valence-electron chi connectivity index (χ2n) is 6.15. The Morgan fingerprint density at radius 3 is 2.55 bits per heavy atom. The number of carbonyl (C=O) groups excluding carboxylic acids is 1. The van der Waals surface area contributed by atoms with Gasteiger partial charge in [-0.2, -0.15) is 0 Å². The first-order valence-electron chi connectivity index (χ1n) is 8.97. The van der Waals surface area contributed by atoms with Gasteiger partial charge >= 0.3 is 6.03 Å². The summed E-state index contributed by atoms with van der Waals surface area (Å²) in [6.07, 6.45) is 4.77. The van der Waals surface area contributed by atoms with Crippen LogP contribution in [0.4, 0.5) is 10.5 Å². The van der Waals surface area contributed by atoms with Crippen molar-refractivity contribution in [1.29, 1.82) is 0 Å². The van der Waals surface area contributed by atoms with E-state index in [-0.39, 0.29) is 13.2 Å². The number of ether oxygens (including phenoxy) is 2. The third kappa shape index (κ3) is 5.66. The molecule has 3 aromatic rings. The van der Waals surface area contributed by atoms with E-state index in [9.17, 15) is 9.90 Å². The van der Waals surface area contributed by atoms with Crippen LogP contribution in [-0.4, -0.2) is 34.8 Å². The molecule has 0 radical (unpaired) electrons. The molecule has 150 valence electrons. The largest absolute Gasteiger partial charge is 0.493 e. The topological polar surface area (TPSA) is 106 Å². The first-order chi connectivity index (χ1) is 14.2. The van der Waals surface area contributed by atoms with Crippen molar-refractivity contribution in [2.75, 3.05) is 19.0 Å². The number of aromatic nitrogens is 2. The van der Waals surface area contributed by atoms with Gasteiger partial charge in [-0.05, 0) is 17.7 Å². The predicted octanol–water partition coefficient (Wildman–Crippen LogP) is 2.92. The molecule has 1 aromatic heterocycles. The Bertz CT molecular complexity index is 922. The number of nitrogens with one attached hydrogen (secondary N) is 2. The first-order valence-corrected chi connectivity index (χ1v) is 8.97. The molecule has 3 N–H and O–H groups in total. The highest BCUT2D eigenvalue weighted by Gasteiger charge is 2.14. The molecule has 1 atom stereocenters. The van der Waals surface area contributed by atoms with Gasteiger partial charge in [-0.1, -0.05) is 30.3 Å². The second kappa shape index (κ2) is 10.0. The maximum atomic E-state index is 12.4. The SMILES string of the molecule is COc1ccc(NC(=O)N[C@@H](CO)c2ccccc2)cc1OCc1cncnc1. The predicted molar refractivity (Wildman–Crippen MR) is 108 cm³/mol. The number of hydrogen-bond acceptors (Lipinski definition) is 6. The fourth-order valence-electron chi connectivity index (χ4n) is 2.68. The zero-order chi connectivity index (χ0) is 20.5. The number of hydrogen-bond donors (Lipinski definition) is 3. The summed E-state index contributed by atoms with van der Waals surface area (Å²) in [5.41, 5.74) is 2.14. The molecule has 1 heterocycles. The molecule has 0 saturated heterocycles. The Balaban J connectivity index is 1.66. The van der Waals surface area contributed by atoms with Crippen LogP contribution in [0.5, 0.6) is 11.5 Å². The van der Waals surface area contributed by atoms with Crippen LogP contribution in [0.2, 0.25) is 0 Å². The van der Waals surface area contributed by atoms with Gasteiger partial charge in [0.15, 0.2) is 11.5 Å². The third-order valence-electron chi connectivity index (χ3n) is 4.12. The number of aliphatic hydroxyl groups is 1. The minimum absolute atomic E-state index is 0.215. The number of urea groups is 1. The van der Waals surface area contributed by atoms with Crippen LogP contribution in [0, 0.1) is 0 Å². The Hall–Kier alpha value is -3.65. The number of anilines is 1. The van der Waals surface area contributed by atoms with Gasteiger partial charge in [0.1, 0.15) is 12.9 Å². The van der Waals surface area contributed by atoms with Crippen LogP contribution < -0.4 is 20.1 Å². The van der Waals surface area contributed by atoms with Crippen LogP contribution >= 0.6 is 0 Å². The fourth-order valence-corrected chi connectivity index (χ4v) is 2.68. The lowest BCUT2D eigenvalue weighted by Crippen LogP contribution is -2.34. The van der Waals surface area contributed by atoms with E-state index < -0.39 is 12.1 Å². The lowest BCUT2D eigenvalue weighted by molar-refractivity contribution is 0.225. The molecule has 8 heteroatoms. The molecule has 0 saturated carbocycles. The number of carbonyl (C=O) groups is 1. The van der Waals surface area contributed by atoms with Crippen LogP contribution in [0.15, 0.2) is 67.3 Å². The van der Waals surface area contributed by atoms with Crippen molar-refractivity contribution in [1.82, 2.24) is 15.3 Å². The van der Waals surface area contributed by atoms with Crippen molar-refractivity contribution in [3.63, 3.8) is 0 Å². The van der Waals surface area contributed by atoms with E-state index in [4.69, 9.17) is 9.47 Å². The van der Waals surface area contributed by atoms with Crippen molar-refractivity contribution < 1.29 is 19.4 Å². The maximum Gasteiger partial charge on any atom is 0.319 e. The highest BCUT2D eigenvalue weighted by atomic mass is 16.5. The van der Waals surface area contributed by atoms with Gasteiger partial charge in [-0.25, -0.2) is 14.8 Å². The fraction of sp³-hybridized carbons (Fsp3) is 0.190. The van der Waals surface area contributed by atoms with Crippen LogP contribution in [0.25, 0.3) is 0 Å². The Morgan fingerprint density at radius 2 is 1.86 bits per heavy atom. The first kappa shape index (κ1) is 20.1. The quantitative estimate of drug-likeness (QED) is 0.543. The molecular formula is C21H22N4O4. The average molecular weight is 394 g/mol. The summed E-state index contributed by atoms with van der Waals surface area (Å²) in [7, 11) is 1.54. The lowest BCUT2D eigenvalue weighted by atomic mass is 10.1. The van der Waals surface area contributed by atoms with Crippen molar-refractivity contribution in [2.24, 2.45) is 0 Å². The van der Waals surface area contributed by atoms with Crippen molar-refractivity contribution >= 4 is 11.7 Å². The summed E-state index contributed by atoms with van der Waals surface area (Å²) >= 11 is 0. The minimum Gasteiger partial charge on any atom is -0.493 e. The minimum atomic E-state index is -0.511. The summed E-state index contributed by atoms with van der Waals surface area (Å²) in [5, 5.41) is 15.1. The highest BCUT2D eigenvalue weighted by molar-refractivity contribution is 5.90. The summed E-state index contributed by atoms with van der Waals surface area (Å²) in [6.45, 7) is 0.0427. The number of methoxy groups -OCH3 is 1. The Morgan fingerprint density at radius 1 is 1.10 bits per heavy atom. The number of nitrogens with zero attached hydrogens (tertiary/aromatic N) is 2. The third-order valence-corrected chi connectivity index (χ3v) is 4.12. The number of aliphatic hydroxyl groups excluding tert-OH is 1. The molecule has 0 aliphatic rings. The van der Waals surface area contributed by atoms with Crippen LogP contribution in [-0.2, 0) is 6.61 Å². The van der Waals surface area contributed by atoms with E-state index in [0.717, 1.165) is 11.1 Å². The normalized spacial score (nSPS) is 11.4. The monoisotopic (exact) mass is 394 g/mol. The van der Waals surface area contributed by atoms with Crippen molar-refractivity contribution in [3.8, 4) is 11.5 Å². The van der Waals surface area contributed by atoms with Crippen molar-refractivity contribution in [3.05, 3.63) is 78.4 Å². The standard InChI is InChI=1S/C21H22N4O4/c1-28-19-8-7-17(9-20(19)29-13-15-10-22-14-23-11-15)24-21(27)25-18(12-26)16-5-3-2-4-6-16/h2-11,14,18,26H,12-13H2,1H3,(H2,24,25,27)/t18-/m0/s1. The molecule has 8 nitrogen and oxygen atoms in total. The second-order valence-corrected chi connectivity index (χ2v) is 6.15. The van der Waals surface area contributed by atoms with Gasteiger partial charge < -0.3 is 25.2 Å². The van der Waals surface area contributed by atoms with E-state index in [1.54, 1.807) is 37.7 Å². The van der Waals surface area contributed by atoms with E-state index in [1.165, 1.54) is 6.33 Å². The van der Waals surface area contributed by atoms with E-state index in [0.29, 0.717) is 17.2 Å². The molecular weight excluding hydrogens is 372 g/mol. The van der Waals surface area contributed by atoms with E-state index >= 15 is 0 Å². The molecule has 2 aromatic carbocycles. The van der Waals surface area contributed by atoms with Gasteiger partial charge in [0.05, 0.1) is 19.8 Å². The molecule has 29 heavy (non-hydrogen) atoms. The molecule has 3 rings (SSSR count). The number of rotatable bonds is 8. The average Bonchev–Trinajstić information content (AvgIpc) is 2.77. The zero-order valence-electron chi connectivity index (χ0n) is 15.9. The summed E-state index contributed by atoms with van der Waals surface area (Å²) < 4.78 is 11.1. The highest BCUT2D eigenvalue weighted by Crippen LogP contribution is 2.31. The zero-order valence-corrected chi connectivity index (χ0v) is 15.9. The van der Waals surface area contributed by atoms with Gasteiger partial charge in [-0.3, -0.25) is 0 Å². The van der Waals surface area contributed by atoms with Crippen LogP contribution in [0.3, 0.4) is 0 Å². The molecule has 0 unspecified atom stereocenters. The lowest BCUT2D eigenvalue weighted by Gasteiger charge is -2.18. The van der Waals surface area contributed by atoms with Gasteiger partial charge in [-0.15, -0.1) is 0 Å². The van der Waals surface area contributed by atoms with Gasteiger partial charge in [0.2, 0.25) is 0 Å². The van der Waals surface area contributed by atoms with E-state index in [1.807, 2.05) is 30.3 Å². The van der Waals surface area contributed by atoms with Gasteiger partial charge in [0, 0.05) is 29.7 Å².